The van der Waals surface area contributed by atoms with Crippen LogP contribution in [-0.4, -0.2) is 48.4 Å². The molecule has 6 nitrogen and oxygen atoms in total. The molecule has 4 N–H and O–H groups in total. The van der Waals surface area contributed by atoms with Crippen LogP contribution >= 0.6 is 0 Å². The maximum atomic E-state index is 9.59. The molecule has 0 spiro atoms. The van der Waals surface area contributed by atoms with Crippen molar-refractivity contribution in [3.63, 3.8) is 0 Å². The van der Waals surface area contributed by atoms with Crippen LogP contribution in [0.25, 0.3) is 0 Å². The van der Waals surface area contributed by atoms with Gasteiger partial charge in [-0.2, -0.15) is 0 Å². The van der Waals surface area contributed by atoms with Gasteiger partial charge in [0.15, 0.2) is 0 Å². The lowest BCUT2D eigenvalue weighted by Crippen LogP contribution is -2.31. The number of pyridine rings is 1. The fourth-order valence-electron chi connectivity index (χ4n) is 1.63. The van der Waals surface area contributed by atoms with Crippen molar-refractivity contribution in [3.8, 4) is 0 Å². The second-order valence-electron chi connectivity index (χ2n) is 4.00. The molecule has 0 bridgehead atoms. The van der Waals surface area contributed by atoms with Gasteiger partial charge in [-0.25, -0.2) is 10.8 Å². The molecule has 0 saturated heterocycles. The molecule has 0 radical (unpaired) electrons. The largest absolute Gasteiger partial charge is 0.389 e. The van der Waals surface area contributed by atoms with Crippen molar-refractivity contribution >= 4 is 5.82 Å². The first-order chi connectivity index (χ1) is 8.15. The lowest BCUT2D eigenvalue weighted by molar-refractivity contribution is 0.0419. The molecule has 17 heavy (non-hydrogen) atoms. The molecule has 0 aromatic carbocycles. The Bertz CT molecular complexity index is 335. The third-order valence-corrected chi connectivity index (χ3v) is 2.31. The van der Waals surface area contributed by atoms with E-state index in [1.165, 1.54) is 0 Å². The van der Waals surface area contributed by atoms with Crippen molar-refractivity contribution in [3.05, 3.63) is 23.9 Å². The van der Waals surface area contributed by atoms with E-state index in [1.54, 1.807) is 13.3 Å². The zero-order chi connectivity index (χ0) is 12.7. The van der Waals surface area contributed by atoms with Gasteiger partial charge in [-0.3, -0.25) is 4.90 Å². The highest BCUT2D eigenvalue weighted by Crippen LogP contribution is 2.08. The van der Waals surface area contributed by atoms with Gasteiger partial charge in [0, 0.05) is 26.4 Å². The second kappa shape index (κ2) is 7.18. The van der Waals surface area contributed by atoms with E-state index in [0.717, 1.165) is 12.1 Å². The molecule has 0 aliphatic rings. The smallest absolute Gasteiger partial charge is 0.140 e. The van der Waals surface area contributed by atoms with Crippen molar-refractivity contribution in [2.75, 3.05) is 32.7 Å². The van der Waals surface area contributed by atoms with Crippen LogP contribution in [0.4, 0.5) is 5.82 Å². The number of likely N-dealkylation sites (N-methyl/N-ethyl adjacent to an activating group) is 1. The van der Waals surface area contributed by atoms with Crippen molar-refractivity contribution in [2.45, 2.75) is 12.6 Å². The highest BCUT2D eigenvalue weighted by atomic mass is 16.5. The van der Waals surface area contributed by atoms with Crippen LogP contribution in [0.1, 0.15) is 5.56 Å². The minimum absolute atomic E-state index is 0.344. The van der Waals surface area contributed by atoms with E-state index >= 15 is 0 Å². The molecule has 1 atom stereocenters. The quantitative estimate of drug-likeness (QED) is 0.452. The molecule has 6 heteroatoms. The average molecular weight is 240 g/mol. The number of aromatic nitrogens is 1. The summed E-state index contributed by atoms with van der Waals surface area (Å²) < 4.78 is 4.88. The molecule has 1 aromatic rings. The molecule has 1 unspecified atom stereocenters. The Morgan fingerprint density at radius 3 is 3.06 bits per heavy atom. The number of nitrogen functional groups attached to an aromatic ring is 1. The molecule has 96 valence electrons. The van der Waals surface area contributed by atoms with Gasteiger partial charge in [-0.05, 0) is 24.7 Å². The number of nitrogens with two attached hydrogens (primary N) is 1. The molecule has 0 amide bonds. The van der Waals surface area contributed by atoms with E-state index < -0.39 is 6.10 Å². The van der Waals surface area contributed by atoms with E-state index in [-0.39, 0.29) is 0 Å². The minimum atomic E-state index is -0.473. The maximum Gasteiger partial charge on any atom is 0.140 e. The zero-order valence-corrected chi connectivity index (χ0v) is 10.3. The Balaban J connectivity index is 2.46. The second-order valence-corrected chi connectivity index (χ2v) is 4.00. The summed E-state index contributed by atoms with van der Waals surface area (Å²) in [5, 5.41) is 9.59. The molecular formula is C11H20N4O2. The molecule has 0 fully saturated rings. The summed E-state index contributed by atoms with van der Waals surface area (Å²) in [5.41, 5.74) is 3.59. The monoisotopic (exact) mass is 240 g/mol. The summed E-state index contributed by atoms with van der Waals surface area (Å²) >= 11 is 0. The number of hydrogen-bond donors (Lipinski definition) is 3. The van der Waals surface area contributed by atoms with E-state index in [0.29, 0.717) is 19.0 Å². The Morgan fingerprint density at radius 1 is 1.65 bits per heavy atom. The number of aliphatic hydroxyl groups is 1. The summed E-state index contributed by atoms with van der Waals surface area (Å²) in [6.07, 6.45) is 1.23. The minimum Gasteiger partial charge on any atom is -0.389 e. The number of rotatable bonds is 7. The van der Waals surface area contributed by atoms with Crippen LogP contribution in [0.2, 0.25) is 0 Å². The van der Waals surface area contributed by atoms with Crippen LogP contribution in [0, 0.1) is 0 Å². The number of ether oxygens (including phenoxy) is 1. The van der Waals surface area contributed by atoms with E-state index in [2.05, 4.69) is 10.4 Å². The number of hydrazine groups is 1. The Kier molecular flexibility index (Phi) is 5.85. The number of nitrogens with zero attached hydrogens (tertiary/aromatic N) is 2. The summed E-state index contributed by atoms with van der Waals surface area (Å²) in [6, 6.07) is 3.79. The van der Waals surface area contributed by atoms with Gasteiger partial charge >= 0.3 is 0 Å². The van der Waals surface area contributed by atoms with Crippen molar-refractivity contribution in [1.29, 1.82) is 0 Å². The van der Waals surface area contributed by atoms with Gasteiger partial charge in [0.2, 0.25) is 0 Å². The molecule has 0 aliphatic heterocycles. The fraction of sp³-hybridized carbons (Fsp3) is 0.545. The molecule has 1 heterocycles. The maximum absolute atomic E-state index is 9.59. The molecule has 0 aliphatic carbocycles. The lowest BCUT2D eigenvalue weighted by atomic mass is 10.2. The normalized spacial score (nSPS) is 12.8. The first-order valence-corrected chi connectivity index (χ1v) is 5.42. The highest BCUT2D eigenvalue weighted by Gasteiger charge is 2.08. The molecule has 1 rings (SSSR count). The third kappa shape index (κ3) is 5.10. The number of hydrogen-bond acceptors (Lipinski definition) is 6. The molecule has 0 saturated carbocycles. The van der Waals surface area contributed by atoms with Gasteiger partial charge in [0.05, 0.1) is 12.7 Å². The lowest BCUT2D eigenvalue weighted by Gasteiger charge is -2.20. The average Bonchev–Trinajstić information content (AvgIpc) is 2.29. The van der Waals surface area contributed by atoms with Gasteiger partial charge < -0.3 is 15.3 Å². The van der Waals surface area contributed by atoms with Crippen molar-refractivity contribution in [1.82, 2.24) is 9.88 Å². The van der Waals surface area contributed by atoms with Crippen LogP contribution in [0.3, 0.4) is 0 Å². The van der Waals surface area contributed by atoms with Crippen LogP contribution in [0.5, 0.6) is 0 Å². The summed E-state index contributed by atoms with van der Waals surface area (Å²) in [5.74, 6) is 5.92. The third-order valence-electron chi connectivity index (χ3n) is 2.31. The zero-order valence-electron chi connectivity index (χ0n) is 10.3. The van der Waals surface area contributed by atoms with Crippen LogP contribution in [-0.2, 0) is 11.3 Å². The first kappa shape index (κ1) is 13.9. The molecule has 1 aromatic heterocycles. The summed E-state index contributed by atoms with van der Waals surface area (Å²) in [4.78, 5) is 6.04. The Labute approximate surface area is 101 Å². The first-order valence-electron chi connectivity index (χ1n) is 5.42. The van der Waals surface area contributed by atoms with E-state index in [1.807, 2.05) is 24.1 Å². The van der Waals surface area contributed by atoms with E-state index in [4.69, 9.17) is 10.6 Å². The van der Waals surface area contributed by atoms with Crippen molar-refractivity contribution < 1.29 is 9.84 Å². The number of methoxy groups -OCH3 is 1. The van der Waals surface area contributed by atoms with Crippen LogP contribution < -0.4 is 11.3 Å². The van der Waals surface area contributed by atoms with Gasteiger partial charge in [0.25, 0.3) is 0 Å². The topological polar surface area (TPSA) is 83.6 Å². The SMILES string of the molecule is COCC(O)CN(C)Cc1ccnc(NN)c1. The standard InChI is InChI=1S/C11H20N4O2/c1-15(7-10(16)8-17-2)6-9-3-4-13-11(5-9)14-12/h3-5,10,16H,6-8,12H2,1-2H3,(H,13,14). The van der Waals surface area contributed by atoms with Gasteiger partial charge in [-0.15, -0.1) is 0 Å². The van der Waals surface area contributed by atoms with Crippen molar-refractivity contribution in [2.24, 2.45) is 5.84 Å². The predicted octanol–water partition coefficient (Wildman–Crippen LogP) is -0.194. The number of nitrogens with one attached hydrogen (secondary N) is 1. The van der Waals surface area contributed by atoms with Gasteiger partial charge in [0.1, 0.15) is 5.82 Å². The number of anilines is 1. The summed E-state index contributed by atoms with van der Waals surface area (Å²) in [7, 11) is 3.51. The van der Waals surface area contributed by atoms with E-state index in [9.17, 15) is 5.11 Å². The fourth-order valence-corrected chi connectivity index (χ4v) is 1.63. The molecular weight excluding hydrogens is 220 g/mol. The Hall–Kier alpha value is -1.21. The highest BCUT2D eigenvalue weighted by molar-refractivity contribution is 5.35. The Morgan fingerprint density at radius 2 is 2.41 bits per heavy atom. The van der Waals surface area contributed by atoms with Crippen LogP contribution in [0.15, 0.2) is 18.3 Å². The number of aliphatic hydroxyl groups excluding tert-OH is 1. The predicted molar refractivity (Wildman–Crippen MR) is 66.3 cm³/mol. The summed E-state index contributed by atoms with van der Waals surface area (Å²) in [6.45, 7) is 1.62. The van der Waals surface area contributed by atoms with Gasteiger partial charge in [-0.1, -0.05) is 0 Å².